The summed E-state index contributed by atoms with van der Waals surface area (Å²) in [5, 5.41) is 6.93. The molecular weight excluding hydrogens is 136 g/mol. The van der Waals surface area contributed by atoms with E-state index in [4.69, 9.17) is 0 Å². The predicted octanol–water partition coefficient (Wildman–Crippen LogP) is 0.942. The van der Waals surface area contributed by atoms with Crippen LogP contribution in [0.25, 0.3) is 0 Å². The summed E-state index contributed by atoms with van der Waals surface area (Å²) in [6.07, 6.45) is 4.25. The van der Waals surface area contributed by atoms with Gasteiger partial charge < -0.3 is 10.6 Å². The summed E-state index contributed by atoms with van der Waals surface area (Å²) in [5.41, 5.74) is 0. The first-order chi connectivity index (χ1) is 5.36. The summed E-state index contributed by atoms with van der Waals surface area (Å²) in [6, 6.07) is 0.819. The van der Waals surface area contributed by atoms with E-state index < -0.39 is 0 Å². The summed E-state index contributed by atoms with van der Waals surface area (Å²) in [7, 11) is 0. The zero-order valence-electron chi connectivity index (χ0n) is 7.27. The van der Waals surface area contributed by atoms with E-state index in [1.54, 1.807) is 0 Å². The molecule has 2 rings (SSSR count). The number of nitrogens with one attached hydrogen (secondary N) is 2. The Hall–Kier alpha value is -0.0800. The predicted molar refractivity (Wildman–Crippen MR) is 46.3 cm³/mol. The van der Waals surface area contributed by atoms with Crippen molar-refractivity contribution in [3.63, 3.8) is 0 Å². The molecule has 2 nitrogen and oxygen atoms in total. The van der Waals surface area contributed by atoms with Gasteiger partial charge in [-0.05, 0) is 24.7 Å². The molecule has 0 aromatic carbocycles. The lowest BCUT2D eigenvalue weighted by Crippen LogP contribution is -2.53. The fourth-order valence-electron chi connectivity index (χ4n) is 2.40. The van der Waals surface area contributed by atoms with Crippen molar-refractivity contribution in [3.05, 3.63) is 0 Å². The molecule has 0 radical (unpaired) electrons. The van der Waals surface area contributed by atoms with Crippen molar-refractivity contribution >= 4 is 0 Å². The molecule has 0 amide bonds. The van der Waals surface area contributed by atoms with E-state index in [0.29, 0.717) is 0 Å². The third-order valence-electron chi connectivity index (χ3n) is 3.15. The largest absolute Gasteiger partial charge is 0.304 e. The van der Waals surface area contributed by atoms with Gasteiger partial charge in [-0.3, -0.25) is 0 Å². The maximum Gasteiger partial charge on any atom is 0.0456 e. The van der Waals surface area contributed by atoms with Crippen molar-refractivity contribution in [2.75, 3.05) is 13.2 Å². The molecule has 3 atom stereocenters. The lowest BCUT2D eigenvalue weighted by atomic mass is 9.78. The van der Waals surface area contributed by atoms with Crippen LogP contribution in [0.1, 0.15) is 26.2 Å². The molecule has 64 valence electrons. The maximum absolute atomic E-state index is 3.54. The Morgan fingerprint density at radius 2 is 2.18 bits per heavy atom. The van der Waals surface area contributed by atoms with Crippen LogP contribution in [0.3, 0.4) is 0 Å². The summed E-state index contributed by atoms with van der Waals surface area (Å²) in [5.74, 6) is 1.86. The minimum atomic E-state index is 0.819. The van der Waals surface area contributed by atoms with Gasteiger partial charge in [0, 0.05) is 19.3 Å². The van der Waals surface area contributed by atoms with Gasteiger partial charge in [-0.2, -0.15) is 0 Å². The minimum absolute atomic E-state index is 0.819. The number of fused-ring (bicyclic) bond motifs is 1. The monoisotopic (exact) mass is 154 g/mol. The van der Waals surface area contributed by atoms with Gasteiger partial charge in [0.2, 0.25) is 0 Å². The Kier molecular flexibility index (Phi) is 2.14. The average Bonchev–Trinajstić information content (AvgIpc) is 2.04. The van der Waals surface area contributed by atoms with Gasteiger partial charge in [0.15, 0.2) is 0 Å². The van der Waals surface area contributed by atoms with Gasteiger partial charge in [-0.15, -0.1) is 0 Å². The lowest BCUT2D eigenvalue weighted by Gasteiger charge is -2.39. The molecule has 11 heavy (non-hydrogen) atoms. The van der Waals surface area contributed by atoms with Gasteiger partial charge in [0.1, 0.15) is 0 Å². The Labute approximate surface area is 68.7 Å². The SMILES string of the molecule is CC1CCC2CNCNC2C1. The van der Waals surface area contributed by atoms with Gasteiger partial charge in [-0.1, -0.05) is 13.3 Å². The molecule has 2 N–H and O–H groups in total. The molecule has 0 aromatic rings. The van der Waals surface area contributed by atoms with Crippen molar-refractivity contribution < 1.29 is 0 Å². The molecule has 1 saturated carbocycles. The highest BCUT2D eigenvalue weighted by molar-refractivity contribution is 4.87. The molecule has 0 bridgehead atoms. The van der Waals surface area contributed by atoms with Crippen LogP contribution in [0.2, 0.25) is 0 Å². The fraction of sp³-hybridized carbons (Fsp3) is 1.00. The molecular formula is C9H18N2. The Balaban J connectivity index is 1.93. The van der Waals surface area contributed by atoms with Crippen LogP contribution in [0.15, 0.2) is 0 Å². The third kappa shape index (κ3) is 1.57. The highest BCUT2D eigenvalue weighted by atomic mass is 15.1. The van der Waals surface area contributed by atoms with Crippen LogP contribution < -0.4 is 10.6 Å². The topological polar surface area (TPSA) is 24.1 Å². The molecule has 0 aromatic heterocycles. The highest BCUT2D eigenvalue weighted by Crippen LogP contribution is 2.29. The van der Waals surface area contributed by atoms with E-state index in [1.165, 1.54) is 25.8 Å². The molecule has 0 spiro atoms. The minimum Gasteiger partial charge on any atom is -0.304 e. The van der Waals surface area contributed by atoms with Crippen LogP contribution in [-0.2, 0) is 0 Å². The molecule has 2 fully saturated rings. The normalized spacial score (nSPS) is 45.0. The van der Waals surface area contributed by atoms with E-state index in [1.807, 2.05) is 0 Å². The number of rotatable bonds is 0. The molecule has 3 unspecified atom stereocenters. The van der Waals surface area contributed by atoms with Crippen molar-refractivity contribution in [3.8, 4) is 0 Å². The second kappa shape index (κ2) is 3.11. The van der Waals surface area contributed by atoms with Crippen LogP contribution in [-0.4, -0.2) is 19.3 Å². The zero-order valence-corrected chi connectivity index (χ0v) is 7.27. The van der Waals surface area contributed by atoms with Gasteiger partial charge in [0.05, 0.1) is 0 Å². The van der Waals surface area contributed by atoms with Crippen LogP contribution in [0.4, 0.5) is 0 Å². The number of hydrogen-bond donors (Lipinski definition) is 2. The first kappa shape index (κ1) is 7.56. The Morgan fingerprint density at radius 3 is 3.09 bits per heavy atom. The average molecular weight is 154 g/mol. The summed E-state index contributed by atoms with van der Waals surface area (Å²) < 4.78 is 0. The summed E-state index contributed by atoms with van der Waals surface area (Å²) in [4.78, 5) is 0. The highest BCUT2D eigenvalue weighted by Gasteiger charge is 2.29. The second-order valence-electron chi connectivity index (χ2n) is 4.12. The van der Waals surface area contributed by atoms with Crippen LogP contribution >= 0.6 is 0 Å². The quantitative estimate of drug-likeness (QED) is 0.542. The first-order valence-electron chi connectivity index (χ1n) is 4.80. The standard InChI is InChI=1S/C9H18N2/c1-7-2-3-8-5-10-6-11-9(8)4-7/h7-11H,2-6H2,1H3. The van der Waals surface area contributed by atoms with E-state index >= 15 is 0 Å². The van der Waals surface area contributed by atoms with Crippen molar-refractivity contribution in [1.82, 2.24) is 10.6 Å². The molecule has 1 aliphatic carbocycles. The van der Waals surface area contributed by atoms with Crippen molar-refractivity contribution in [1.29, 1.82) is 0 Å². The van der Waals surface area contributed by atoms with Gasteiger partial charge in [-0.25, -0.2) is 0 Å². The van der Waals surface area contributed by atoms with Gasteiger partial charge >= 0.3 is 0 Å². The molecule has 1 aliphatic heterocycles. The van der Waals surface area contributed by atoms with Crippen LogP contribution in [0.5, 0.6) is 0 Å². The van der Waals surface area contributed by atoms with Crippen molar-refractivity contribution in [2.45, 2.75) is 32.2 Å². The van der Waals surface area contributed by atoms with E-state index in [-0.39, 0.29) is 0 Å². The smallest absolute Gasteiger partial charge is 0.0456 e. The first-order valence-corrected chi connectivity index (χ1v) is 4.80. The fourth-order valence-corrected chi connectivity index (χ4v) is 2.40. The molecule has 2 heteroatoms. The molecule has 1 saturated heterocycles. The van der Waals surface area contributed by atoms with Gasteiger partial charge in [0.25, 0.3) is 0 Å². The second-order valence-corrected chi connectivity index (χ2v) is 4.12. The van der Waals surface area contributed by atoms with Crippen molar-refractivity contribution in [2.24, 2.45) is 11.8 Å². The summed E-state index contributed by atoms with van der Waals surface area (Å²) in [6.45, 7) is 4.64. The van der Waals surface area contributed by atoms with Crippen LogP contribution in [0, 0.1) is 11.8 Å². The maximum atomic E-state index is 3.54. The number of hydrogen-bond acceptors (Lipinski definition) is 2. The zero-order chi connectivity index (χ0) is 7.68. The summed E-state index contributed by atoms with van der Waals surface area (Å²) >= 11 is 0. The van der Waals surface area contributed by atoms with E-state index in [2.05, 4.69) is 17.6 Å². The Bertz CT molecular complexity index is 136. The lowest BCUT2D eigenvalue weighted by molar-refractivity contribution is 0.177. The third-order valence-corrected chi connectivity index (χ3v) is 3.15. The molecule has 1 heterocycles. The molecule has 2 aliphatic rings. The van der Waals surface area contributed by atoms with E-state index in [0.717, 1.165) is 24.5 Å². The van der Waals surface area contributed by atoms with E-state index in [9.17, 15) is 0 Å². The Morgan fingerprint density at radius 1 is 1.27 bits per heavy atom.